The van der Waals surface area contributed by atoms with E-state index in [2.05, 4.69) is 36.5 Å². The molecule has 0 atom stereocenters. The van der Waals surface area contributed by atoms with Gasteiger partial charge in [-0.05, 0) is 24.1 Å². The van der Waals surface area contributed by atoms with Gasteiger partial charge in [0, 0.05) is 13.7 Å². The van der Waals surface area contributed by atoms with Crippen molar-refractivity contribution in [2.75, 3.05) is 13.7 Å². The Morgan fingerprint density at radius 2 is 1.80 bits per heavy atom. The fourth-order valence-corrected chi connectivity index (χ4v) is 1.45. The molecule has 1 rings (SSSR count). The van der Waals surface area contributed by atoms with Crippen LogP contribution in [-0.4, -0.2) is 13.7 Å². The molecule has 1 aromatic carbocycles. The number of benzene rings is 1. The lowest BCUT2D eigenvalue weighted by atomic mass is 10.1. The summed E-state index contributed by atoms with van der Waals surface area (Å²) in [6.07, 6.45) is 2.50. The minimum Gasteiger partial charge on any atom is -0.380 e. The maximum absolute atomic E-state index is 5.07. The highest BCUT2D eigenvalue weighted by atomic mass is 16.5. The largest absolute Gasteiger partial charge is 0.380 e. The highest BCUT2D eigenvalue weighted by molar-refractivity contribution is 5.21. The normalized spacial score (nSPS) is 10.5. The first-order valence-corrected chi connectivity index (χ1v) is 5.64. The molecule has 0 aliphatic carbocycles. The van der Waals surface area contributed by atoms with E-state index < -0.39 is 0 Å². The van der Waals surface area contributed by atoms with E-state index in [4.69, 9.17) is 4.74 Å². The Morgan fingerprint density at radius 3 is 2.40 bits per heavy atom. The van der Waals surface area contributed by atoms with Crippen LogP contribution in [0.15, 0.2) is 24.3 Å². The van der Waals surface area contributed by atoms with E-state index in [1.165, 1.54) is 24.0 Å². The van der Waals surface area contributed by atoms with Crippen molar-refractivity contribution in [1.82, 2.24) is 5.32 Å². The molecular weight excluding hydrogens is 186 g/mol. The number of unbranched alkanes of at least 4 members (excludes halogenated alkanes) is 1. The predicted molar refractivity (Wildman–Crippen MR) is 63.8 cm³/mol. The van der Waals surface area contributed by atoms with Gasteiger partial charge in [-0.15, -0.1) is 0 Å². The minimum atomic E-state index is 0.698. The van der Waals surface area contributed by atoms with Crippen molar-refractivity contribution in [2.24, 2.45) is 0 Å². The lowest BCUT2D eigenvalue weighted by Gasteiger charge is -2.05. The van der Waals surface area contributed by atoms with Crippen LogP contribution in [0.25, 0.3) is 0 Å². The summed E-state index contributed by atoms with van der Waals surface area (Å²) >= 11 is 0. The van der Waals surface area contributed by atoms with E-state index in [-0.39, 0.29) is 0 Å². The monoisotopic (exact) mass is 207 g/mol. The van der Waals surface area contributed by atoms with Crippen LogP contribution in [0.4, 0.5) is 0 Å². The Labute approximate surface area is 92.6 Å². The smallest absolute Gasteiger partial charge is 0.0713 e. The molecule has 1 N–H and O–H groups in total. The minimum absolute atomic E-state index is 0.698. The third-order valence-electron chi connectivity index (χ3n) is 2.37. The van der Waals surface area contributed by atoms with Crippen LogP contribution in [0.5, 0.6) is 0 Å². The molecule has 0 aliphatic rings. The van der Waals surface area contributed by atoms with E-state index in [1.807, 2.05) is 0 Å². The topological polar surface area (TPSA) is 21.3 Å². The van der Waals surface area contributed by atoms with Crippen molar-refractivity contribution in [3.05, 3.63) is 35.4 Å². The van der Waals surface area contributed by atoms with Crippen LogP contribution in [0.3, 0.4) is 0 Å². The number of hydrogen-bond acceptors (Lipinski definition) is 2. The molecular formula is C13H21NO. The van der Waals surface area contributed by atoms with Gasteiger partial charge in [-0.1, -0.05) is 37.6 Å². The molecule has 2 heteroatoms. The second-order valence-corrected chi connectivity index (χ2v) is 3.78. The SMILES string of the molecule is CCCCNCc1ccc(COC)cc1. The number of hydrogen-bond donors (Lipinski definition) is 1. The van der Waals surface area contributed by atoms with Gasteiger partial charge in [0.2, 0.25) is 0 Å². The molecule has 0 aromatic heterocycles. The summed E-state index contributed by atoms with van der Waals surface area (Å²) < 4.78 is 5.07. The molecule has 0 unspecified atom stereocenters. The first-order valence-electron chi connectivity index (χ1n) is 5.64. The molecule has 0 heterocycles. The summed E-state index contributed by atoms with van der Waals surface area (Å²) in [6, 6.07) is 8.57. The summed E-state index contributed by atoms with van der Waals surface area (Å²) in [6.45, 7) is 4.98. The van der Waals surface area contributed by atoms with Crippen LogP contribution < -0.4 is 5.32 Å². The van der Waals surface area contributed by atoms with Gasteiger partial charge in [0.1, 0.15) is 0 Å². The van der Waals surface area contributed by atoms with Gasteiger partial charge >= 0.3 is 0 Å². The molecule has 0 amide bonds. The Bertz CT molecular complexity index is 256. The average Bonchev–Trinajstić information content (AvgIpc) is 2.27. The summed E-state index contributed by atoms with van der Waals surface area (Å²) in [5, 5.41) is 3.42. The predicted octanol–water partition coefficient (Wildman–Crippen LogP) is 2.72. The zero-order valence-electron chi connectivity index (χ0n) is 9.75. The second kappa shape index (κ2) is 7.43. The first-order chi connectivity index (χ1) is 7.36. The lowest BCUT2D eigenvalue weighted by molar-refractivity contribution is 0.185. The van der Waals surface area contributed by atoms with Crippen LogP contribution in [0.1, 0.15) is 30.9 Å². The van der Waals surface area contributed by atoms with Crippen molar-refractivity contribution in [1.29, 1.82) is 0 Å². The second-order valence-electron chi connectivity index (χ2n) is 3.78. The Balaban J connectivity index is 2.29. The molecule has 0 saturated carbocycles. The van der Waals surface area contributed by atoms with Crippen molar-refractivity contribution in [3.8, 4) is 0 Å². The molecule has 1 aromatic rings. The van der Waals surface area contributed by atoms with E-state index >= 15 is 0 Å². The maximum Gasteiger partial charge on any atom is 0.0713 e. The molecule has 0 saturated heterocycles. The Morgan fingerprint density at radius 1 is 1.13 bits per heavy atom. The van der Waals surface area contributed by atoms with Crippen LogP contribution >= 0.6 is 0 Å². The summed E-state index contributed by atoms with van der Waals surface area (Å²) in [7, 11) is 1.72. The number of methoxy groups -OCH3 is 1. The molecule has 0 radical (unpaired) electrons. The third-order valence-corrected chi connectivity index (χ3v) is 2.37. The van der Waals surface area contributed by atoms with E-state index in [0.29, 0.717) is 6.61 Å². The standard InChI is InChI=1S/C13H21NO/c1-3-4-9-14-10-12-5-7-13(8-6-12)11-15-2/h5-8,14H,3-4,9-11H2,1-2H3. The molecule has 15 heavy (non-hydrogen) atoms. The molecule has 0 spiro atoms. The summed E-state index contributed by atoms with van der Waals surface area (Å²) in [5.74, 6) is 0. The van der Waals surface area contributed by atoms with E-state index in [9.17, 15) is 0 Å². The third kappa shape index (κ3) is 4.96. The summed E-state index contributed by atoms with van der Waals surface area (Å²) in [5.41, 5.74) is 2.57. The lowest BCUT2D eigenvalue weighted by Crippen LogP contribution is -2.14. The molecule has 0 fully saturated rings. The van der Waals surface area contributed by atoms with Gasteiger partial charge in [0.05, 0.1) is 6.61 Å². The molecule has 0 aliphatic heterocycles. The number of nitrogens with one attached hydrogen (secondary N) is 1. The van der Waals surface area contributed by atoms with E-state index in [0.717, 1.165) is 13.1 Å². The van der Waals surface area contributed by atoms with Crippen molar-refractivity contribution in [3.63, 3.8) is 0 Å². The summed E-state index contributed by atoms with van der Waals surface area (Å²) in [4.78, 5) is 0. The van der Waals surface area contributed by atoms with Crippen LogP contribution in [0, 0.1) is 0 Å². The Hall–Kier alpha value is -0.860. The fourth-order valence-electron chi connectivity index (χ4n) is 1.45. The maximum atomic E-state index is 5.07. The van der Waals surface area contributed by atoms with E-state index in [1.54, 1.807) is 7.11 Å². The average molecular weight is 207 g/mol. The zero-order valence-corrected chi connectivity index (χ0v) is 9.75. The van der Waals surface area contributed by atoms with Crippen molar-refractivity contribution < 1.29 is 4.74 Å². The fraction of sp³-hybridized carbons (Fsp3) is 0.538. The van der Waals surface area contributed by atoms with Gasteiger partial charge in [-0.25, -0.2) is 0 Å². The molecule has 2 nitrogen and oxygen atoms in total. The van der Waals surface area contributed by atoms with Gasteiger partial charge < -0.3 is 10.1 Å². The number of ether oxygens (including phenoxy) is 1. The number of rotatable bonds is 7. The Kier molecular flexibility index (Phi) is 6.05. The first kappa shape index (κ1) is 12.2. The van der Waals surface area contributed by atoms with Gasteiger partial charge in [-0.3, -0.25) is 0 Å². The van der Waals surface area contributed by atoms with Crippen LogP contribution in [0.2, 0.25) is 0 Å². The van der Waals surface area contributed by atoms with Gasteiger partial charge in [0.25, 0.3) is 0 Å². The van der Waals surface area contributed by atoms with Crippen LogP contribution in [-0.2, 0) is 17.9 Å². The van der Waals surface area contributed by atoms with Crippen molar-refractivity contribution >= 4 is 0 Å². The highest BCUT2D eigenvalue weighted by Gasteiger charge is 1.94. The quantitative estimate of drug-likeness (QED) is 0.694. The van der Waals surface area contributed by atoms with Gasteiger partial charge in [-0.2, -0.15) is 0 Å². The molecule has 84 valence electrons. The molecule has 0 bridgehead atoms. The zero-order chi connectivity index (χ0) is 10.9. The highest BCUT2D eigenvalue weighted by Crippen LogP contribution is 2.05. The van der Waals surface area contributed by atoms with Crippen molar-refractivity contribution in [2.45, 2.75) is 32.9 Å². The van der Waals surface area contributed by atoms with Gasteiger partial charge in [0.15, 0.2) is 0 Å².